The number of hydrogen-bond donors (Lipinski definition) is 2. The Hall–Kier alpha value is -3.63. The Morgan fingerprint density at radius 3 is 2.60 bits per heavy atom. The molecule has 3 aromatic heterocycles. The predicted octanol–water partition coefficient (Wildman–Crippen LogP) is 3.03. The lowest BCUT2D eigenvalue weighted by atomic mass is 10.2. The highest BCUT2D eigenvalue weighted by Crippen LogP contribution is 2.26. The van der Waals surface area contributed by atoms with Gasteiger partial charge < -0.3 is 20.1 Å². The molecule has 10 heteroatoms. The van der Waals surface area contributed by atoms with Crippen LogP contribution in [0, 0.1) is 0 Å². The van der Waals surface area contributed by atoms with Crippen LogP contribution in [0.15, 0.2) is 67.1 Å². The van der Waals surface area contributed by atoms with Gasteiger partial charge in [-0.1, -0.05) is 6.07 Å². The van der Waals surface area contributed by atoms with Crippen molar-refractivity contribution < 1.29 is 8.42 Å². The van der Waals surface area contributed by atoms with Crippen molar-refractivity contribution in [1.82, 2.24) is 19.9 Å². The zero-order chi connectivity index (χ0) is 24.4. The predicted molar refractivity (Wildman–Crippen MR) is 141 cm³/mol. The third-order valence-electron chi connectivity index (χ3n) is 6.28. The monoisotopic (exact) mass is 491 g/mol. The molecule has 1 aliphatic heterocycles. The normalized spacial score (nSPS) is 14.3. The summed E-state index contributed by atoms with van der Waals surface area (Å²) in [7, 11) is -1.89. The van der Waals surface area contributed by atoms with Crippen LogP contribution in [-0.4, -0.2) is 62.4 Å². The summed E-state index contributed by atoms with van der Waals surface area (Å²) in [4.78, 5) is 11.3. The maximum Gasteiger partial charge on any atom is 0.233 e. The zero-order valence-corrected chi connectivity index (χ0v) is 20.7. The SMILES string of the molecule is CN(c1ncccc1Cn1ccc2cnc(Nc3ccc(N4CCNCC4)cc3)cc21)S(C)(=O)=O. The Kier molecular flexibility index (Phi) is 6.31. The first-order chi connectivity index (χ1) is 16.9. The molecule has 1 fully saturated rings. The summed E-state index contributed by atoms with van der Waals surface area (Å²) in [5.41, 5.74) is 4.00. The van der Waals surface area contributed by atoms with E-state index in [0.29, 0.717) is 12.4 Å². The molecule has 0 spiro atoms. The van der Waals surface area contributed by atoms with Crippen molar-refractivity contribution in [3.05, 3.63) is 72.7 Å². The van der Waals surface area contributed by atoms with Crippen LogP contribution in [0.4, 0.5) is 23.0 Å². The van der Waals surface area contributed by atoms with E-state index in [4.69, 9.17) is 0 Å². The minimum absolute atomic E-state index is 0.425. The molecule has 182 valence electrons. The van der Waals surface area contributed by atoms with Gasteiger partial charge in [0.15, 0.2) is 0 Å². The molecule has 1 aromatic carbocycles. The van der Waals surface area contributed by atoms with Crippen molar-refractivity contribution in [2.45, 2.75) is 6.54 Å². The maximum atomic E-state index is 12.1. The molecule has 0 aliphatic carbocycles. The van der Waals surface area contributed by atoms with E-state index in [1.54, 1.807) is 6.20 Å². The Morgan fingerprint density at radius 1 is 1.09 bits per heavy atom. The number of benzene rings is 1. The molecule has 5 rings (SSSR count). The molecule has 4 heterocycles. The van der Waals surface area contributed by atoms with Crippen molar-refractivity contribution in [3.63, 3.8) is 0 Å². The summed E-state index contributed by atoms with van der Waals surface area (Å²) < 4.78 is 27.5. The lowest BCUT2D eigenvalue weighted by Crippen LogP contribution is -2.43. The minimum atomic E-state index is -3.42. The highest BCUT2D eigenvalue weighted by Gasteiger charge is 2.18. The molecule has 0 bridgehead atoms. The zero-order valence-electron chi connectivity index (χ0n) is 19.8. The van der Waals surface area contributed by atoms with Crippen molar-refractivity contribution in [2.75, 3.05) is 54.0 Å². The van der Waals surface area contributed by atoms with Gasteiger partial charge in [-0.15, -0.1) is 0 Å². The first kappa shape index (κ1) is 23.1. The summed E-state index contributed by atoms with van der Waals surface area (Å²) >= 11 is 0. The highest BCUT2D eigenvalue weighted by molar-refractivity contribution is 7.92. The number of fused-ring (bicyclic) bond motifs is 1. The molecule has 0 saturated carbocycles. The molecule has 1 aliphatic rings. The molecule has 0 amide bonds. The van der Waals surface area contributed by atoms with Gasteiger partial charge in [0.25, 0.3) is 0 Å². The van der Waals surface area contributed by atoms with E-state index in [1.165, 1.54) is 23.3 Å². The molecule has 35 heavy (non-hydrogen) atoms. The lowest BCUT2D eigenvalue weighted by molar-refractivity contribution is 0.589. The number of piperazine rings is 1. The fraction of sp³-hybridized carbons (Fsp3) is 0.280. The van der Waals surface area contributed by atoms with Crippen LogP contribution >= 0.6 is 0 Å². The van der Waals surface area contributed by atoms with Gasteiger partial charge in [-0.05, 0) is 36.4 Å². The maximum absolute atomic E-state index is 12.1. The first-order valence-electron chi connectivity index (χ1n) is 11.5. The Balaban J connectivity index is 1.37. The second kappa shape index (κ2) is 9.55. The second-order valence-electron chi connectivity index (χ2n) is 8.70. The fourth-order valence-corrected chi connectivity index (χ4v) is 4.77. The van der Waals surface area contributed by atoms with Crippen LogP contribution in [0.2, 0.25) is 0 Å². The molecule has 0 unspecified atom stereocenters. The smallest absolute Gasteiger partial charge is 0.233 e. The van der Waals surface area contributed by atoms with Crippen molar-refractivity contribution in [1.29, 1.82) is 0 Å². The number of nitrogens with zero attached hydrogens (tertiary/aromatic N) is 5. The number of pyridine rings is 2. The van der Waals surface area contributed by atoms with E-state index in [2.05, 4.69) is 54.3 Å². The summed E-state index contributed by atoms with van der Waals surface area (Å²) in [6.45, 7) is 4.53. The average molecular weight is 492 g/mol. The van der Waals surface area contributed by atoms with Gasteiger partial charge in [0.05, 0.1) is 18.3 Å². The topological polar surface area (TPSA) is 95.4 Å². The van der Waals surface area contributed by atoms with Crippen LogP contribution in [0.1, 0.15) is 5.56 Å². The summed E-state index contributed by atoms with van der Waals surface area (Å²) in [5.74, 6) is 1.17. The molecule has 4 aromatic rings. The van der Waals surface area contributed by atoms with Gasteiger partial charge in [-0.2, -0.15) is 0 Å². The highest BCUT2D eigenvalue weighted by atomic mass is 32.2. The van der Waals surface area contributed by atoms with E-state index >= 15 is 0 Å². The van der Waals surface area contributed by atoms with Crippen molar-refractivity contribution in [2.24, 2.45) is 0 Å². The molecule has 1 saturated heterocycles. The van der Waals surface area contributed by atoms with Crippen LogP contribution in [0.5, 0.6) is 0 Å². The summed E-state index contributed by atoms with van der Waals surface area (Å²) in [6, 6.07) is 16.2. The third kappa shape index (κ3) is 5.08. The molecule has 0 atom stereocenters. The Labute approximate surface area is 205 Å². The first-order valence-corrected chi connectivity index (χ1v) is 13.4. The Morgan fingerprint density at radius 2 is 1.86 bits per heavy atom. The van der Waals surface area contributed by atoms with Gasteiger partial charge in [-0.3, -0.25) is 4.31 Å². The third-order valence-corrected chi connectivity index (χ3v) is 7.45. The van der Waals surface area contributed by atoms with E-state index in [-0.39, 0.29) is 0 Å². The Bertz CT molecular complexity index is 1430. The second-order valence-corrected chi connectivity index (χ2v) is 10.7. The van der Waals surface area contributed by atoms with Gasteiger partial charge in [0.1, 0.15) is 11.6 Å². The lowest BCUT2D eigenvalue weighted by Gasteiger charge is -2.29. The van der Waals surface area contributed by atoms with Gasteiger partial charge in [0.2, 0.25) is 10.0 Å². The van der Waals surface area contributed by atoms with Crippen molar-refractivity contribution >= 4 is 43.9 Å². The number of nitrogens with one attached hydrogen (secondary N) is 2. The van der Waals surface area contributed by atoms with Gasteiger partial charge >= 0.3 is 0 Å². The summed E-state index contributed by atoms with van der Waals surface area (Å²) in [6.07, 6.45) is 6.61. The standard InChI is InChI=1S/C25H29N7O2S/c1-30(35(2,33)34)25-20(4-3-10-27-25)18-32-13-9-19-17-28-24(16-23(19)32)29-21-5-7-22(8-6-21)31-14-11-26-12-15-31/h3-10,13,16-17,26H,11-12,14-15,18H2,1-2H3,(H,28,29). The molecule has 9 nitrogen and oxygen atoms in total. The molecule has 2 N–H and O–H groups in total. The van der Waals surface area contributed by atoms with Gasteiger partial charge in [-0.25, -0.2) is 18.4 Å². The van der Waals surface area contributed by atoms with Crippen LogP contribution in [0.3, 0.4) is 0 Å². The number of sulfonamides is 1. The van der Waals surface area contributed by atoms with Gasteiger partial charge in [0, 0.05) is 80.2 Å². The number of rotatable bonds is 7. The fourth-order valence-electron chi connectivity index (χ4n) is 4.29. The van der Waals surface area contributed by atoms with Crippen LogP contribution in [0.25, 0.3) is 10.9 Å². The van der Waals surface area contributed by atoms with E-state index in [0.717, 1.165) is 54.2 Å². The number of anilines is 4. The molecular formula is C25H29N7O2S. The largest absolute Gasteiger partial charge is 0.369 e. The molecular weight excluding hydrogens is 462 g/mol. The minimum Gasteiger partial charge on any atom is -0.369 e. The quantitative estimate of drug-likeness (QED) is 0.410. The van der Waals surface area contributed by atoms with Crippen LogP contribution in [-0.2, 0) is 16.6 Å². The van der Waals surface area contributed by atoms with E-state index < -0.39 is 10.0 Å². The number of hydrogen-bond acceptors (Lipinski definition) is 7. The average Bonchev–Trinajstić information content (AvgIpc) is 3.26. The van der Waals surface area contributed by atoms with E-state index in [1.807, 2.05) is 36.7 Å². The van der Waals surface area contributed by atoms with E-state index in [9.17, 15) is 8.42 Å². The van der Waals surface area contributed by atoms with Crippen molar-refractivity contribution in [3.8, 4) is 0 Å². The molecule has 0 radical (unpaired) electrons. The number of aromatic nitrogens is 3. The van der Waals surface area contributed by atoms with Crippen LogP contribution < -0.4 is 19.8 Å². The summed E-state index contributed by atoms with van der Waals surface area (Å²) in [5, 5.41) is 7.79.